The van der Waals surface area contributed by atoms with Crippen molar-refractivity contribution in [2.24, 2.45) is 0 Å². The summed E-state index contributed by atoms with van der Waals surface area (Å²) in [6, 6.07) is 10.5. The van der Waals surface area contributed by atoms with Gasteiger partial charge in [-0.05, 0) is 31.2 Å². The van der Waals surface area contributed by atoms with Crippen LogP contribution in [-0.4, -0.2) is 17.4 Å². The summed E-state index contributed by atoms with van der Waals surface area (Å²) in [4.78, 5) is 16.2. The van der Waals surface area contributed by atoms with Crippen LogP contribution in [0.3, 0.4) is 0 Å². The molecular weight excluding hydrogens is 228 g/mol. The highest BCUT2D eigenvalue weighted by molar-refractivity contribution is 5.20. The van der Waals surface area contributed by atoms with Crippen molar-refractivity contribution in [2.75, 3.05) is 0 Å². The van der Waals surface area contributed by atoms with Crippen molar-refractivity contribution in [3.63, 3.8) is 0 Å². The molecule has 1 rings (SSSR count). The maximum Gasteiger partial charge on any atom is 0.373 e. The molecule has 3 heteroatoms. The van der Waals surface area contributed by atoms with Crippen molar-refractivity contribution >= 4 is 6.15 Å². The first-order valence-electron chi connectivity index (χ1n) is 6.45. The fourth-order valence-electron chi connectivity index (χ4n) is 1.77. The van der Waals surface area contributed by atoms with Gasteiger partial charge in [-0.15, -0.1) is 0 Å². The van der Waals surface area contributed by atoms with Crippen LogP contribution < -0.4 is 0 Å². The van der Waals surface area contributed by atoms with Gasteiger partial charge < -0.3 is 5.11 Å². The number of hydrogen-bond donors (Lipinski definition) is 1. The maximum absolute atomic E-state index is 9.66. The molecule has 1 unspecified atom stereocenters. The van der Waals surface area contributed by atoms with Crippen molar-refractivity contribution in [3.8, 4) is 0 Å². The highest BCUT2D eigenvalue weighted by Crippen LogP contribution is 2.10. The van der Waals surface area contributed by atoms with Gasteiger partial charge in [-0.2, -0.15) is 9.59 Å². The van der Waals surface area contributed by atoms with Crippen LogP contribution in [-0.2, 0) is 16.0 Å². The van der Waals surface area contributed by atoms with E-state index in [9.17, 15) is 5.11 Å². The normalized spacial score (nSPS) is 11.0. The number of hydrogen-bond acceptors (Lipinski definition) is 3. The van der Waals surface area contributed by atoms with E-state index in [-0.39, 0.29) is 12.3 Å². The lowest BCUT2D eigenvalue weighted by atomic mass is 10.0. The number of unbranched alkanes of at least 4 members (excludes halogenated alkanes) is 1. The molecule has 1 aromatic carbocycles. The largest absolute Gasteiger partial charge is 0.393 e. The molecule has 1 N–H and O–H groups in total. The SMILES string of the molecule is CCCCC(O)CCCc1ccccc1.O=C=O. The Morgan fingerprint density at radius 3 is 2.22 bits per heavy atom. The van der Waals surface area contributed by atoms with Crippen LogP contribution in [0.4, 0.5) is 0 Å². The molecule has 1 atom stereocenters. The Morgan fingerprint density at radius 1 is 1.11 bits per heavy atom. The number of benzene rings is 1. The molecule has 0 fully saturated rings. The molecule has 18 heavy (non-hydrogen) atoms. The monoisotopic (exact) mass is 250 g/mol. The Hall–Kier alpha value is -1.44. The third-order valence-electron chi connectivity index (χ3n) is 2.74. The lowest BCUT2D eigenvalue weighted by Crippen LogP contribution is -2.06. The number of aryl methyl sites for hydroxylation is 1. The zero-order chi connectivity index (χ0) is 13.6. The zero-order valence-electron chi connectivity index (χ0n) is 11.0. The molecule has 0 bridgehead atoms. The van der Waals surface area contributed by atoms with Crippen molar-refractivity contribution in [2.45, 2.75) is 51.6 Å². The van der Waals surface area contributed by atoms with Crippen LogP contribution in [0.15, 0.2) is 30.3 Å². The average molecular weight is 250 g/mol. The standard InChI is InChI=1S/C14H22O.CO2/c1-2-3-11-14(15)12-7-10-13-8-5-4-6-9-13;2-1-3/h4-6,8-9,14-15H,2-3,7,10-12H2,1H3;. The van der Waals surface area contributed by atoms with Gasteiger partial charge in [0.1, 0.15) is 0 Å². The summed E-state index contributed by atoms with van der Waals surface area (Å²) in [5.41, 5.74) is 1.38. The van der Waals surface area contributed by atoms with Crippen molar-refractivity contribution < 1.29 is 14.7 Å². The third-order valence-corrected chi connectivity index (χ3v) is 2.74. The number of rotatable bonds is 7. The lowest BCUT2D eigenvalue weighted by molar-refractivity contribution is -0.191. The summed E-state index contributed by atoms with van der Waals surface area (Å²) in [6.07, 6.45) is 6.56. The summed E-state index contributed by atoms with van der Waals surface area (Å²) >= 11 is 0. The topological polar surface area (TPSA) is 54.4 Å². The number of aliphatic hydroxyl groups excluding tert-OH is 1. The minimum Gasteiger partial charge on any atom is -0.393 e. The van der Waals surface area contributed by atoms with Crippen LogP contribution in [0, 0.1) is 0 Å². The fourth-order valence-corrected chi connectivity index (χ4v) is 1.77. The highest BCUT2D eigenvalue weighted by Gasteiger charge is 2.02. The fraction of sp³-hybridized carbons (Fsp3) is 0.533. The van der Waals surface area contributed by atoms with Crippen molar-refractivity contribution in [1.29, 1.82) is 0 Å². The Labute approximate surface area is 109 Å². The molecule has 0 saturated carbocycles. The van der Waals surface area contributed by atoms with E-state index in [2.05, 4.69) is 31.2 Å². The van der Waals surface area contributed by atoms with Crippen LogP contribution in [0.25, 0.3) is 0 Å². The predicted octanol–water partition coefficient (Wildman–Crippen LogP) is 2.98. The van der Waals surface area contributed by atoms with E-state index in [1.165, 1.54) is 12.0 Å². The number of carbonyl (C=O) groups excluding carboxylic acids is 2. The van der Waals surface area contributed by atoms with Gasteiger partial charge in [0, 0.05) is 0 Å². The van der Waals surface area contributed by atoms with E-state index in [4.69, 9.17) is 9.59 Å². The second-order valence-corrected chi connectivity index (χ2v) is 4.26. The summed E-state index contributed by atoms with van der Waals surface area (Å²) < 4.78 is 0. The van der Waals surface area contributed by atoms with Gasteiger partial charge in [-0.25, -0.2) is 0 Å². The molecule has 0 amide bonds. The van der Waals surface area contributed by atoms with E-state index in [0.717, 1.165) is 32.1 Å². The smallest absolute Gasteiger partial charge is 0.373 e. The molecule has 0 heterocycles. The van der Waals surface area contributed by atoms with Crippen LogP contribution in [0.2, 0.25) is 0 Å². The maximum atomic E-state index is 9.66. The van der Waals surface area contributed by atoms with Gasteiger partial charge in [0.05, 0.1) is 6.10 Å². The molecule has 0 saturated heterocycles. The first-order chi connectivity index (χ1) is 8.74. The molecular formula is C15H22O3. The molecule has 0 aromatic heterocycles. The van der Waals surface area contributed by atoms with Crippen LogP contribution in [0.5, 0.6) is 0 Å². The van der Waals surface area contributed by atoms with E-state index >= 15 is 0 Å². The van der Waals surface area contributed by atoms with Gasteiger partial charge in [-0.1, -0.05) is 50.1 Å². The first kappa shape index (κ1) is 16.6. The quantitative estimate of drug-likeness (QED) is 0.809. The zero-order valence-corrected chi connectivity index (χ0v) is 11.0. The summed E-state index contributed by atoms with van der Waals surface area (Å²) in [7, 11) is 0. The predicted molar refractivity (Wildman–Crippen MR) is 69.9 cm³/mol. The number of aliphatic hydroxyl groups is 1. The van der Waals surface area contributed by atoms with E-state index < -0.39 is 0 Å². The van der Waals surface area contributed by atoms with Gasteiger partial charge in [0.15, 0.2) is 0 Å². The van der Waals surface area contributed by atoms with Crippen LogP contribution >= 0.6 is 0 Å². The van der Waals surface area contributed by atoms with E-state index in [1.807, 2.05) is 6.07 Å². The molecule has 0 aliphatic heterocycles. The molecule has 100 valence electrons. The second kappa shape index (κ2) is 12.0. The van der Waals surface area contributed by atoms with Gasteiger partial charge in [-0.3, -0.25) is 0 Å². The average Bonchev–Trinajstić information content (AvgIpc) is 2.38. The van der Waals surface area contributed by atoms with Crippen molar-refractivity contribution in [1.82, 2.24) is 0 Å². The lowest BCUT2D eigenvalue weighted by Gasteiger charge is -2.09. The molecule has 0 radical (unpaired) electrons. The first-order valence-corrected chi connectivity index (χ1v) is 6.45. The third kappa shape index (κ3) is 9.76. The highest BCUT2D eigenvalue weighted by atomic mass is 16.3. The Bertz CT molecular complexity index is 316. The molecule has 0 aliphatic rings. The summed E-state index contributed by atoms with van der Waals surface area (Å²) in [6.45, 7) is 2.16. The Kier molecular flexibility index (Phi) is 11.1. The van der Waals surface area contributed by atoms with Crippen molar-refractivity contribution in [3.05, 3.63) is 35.9 Å². The van der Waals surface area contributed by atoms with Gasteiger partial charge in [0.25, 0.3) is 0 Å². The molecule has 0 aliphatic carbocycles. The Balaban J connectivity index is 0.000000873. The van der Waals surface area contributed by atoms with Gasteiger partial charge >= 0.3 is 6.15 Å². The molecule has 3 nitrogen and oxygen atoms in total. The Morgan fingerprint density at radius 2 is 1.67 bits per heavy atom. The van der Waals surface area contributed by atoms with E-state index in [1.54, 1.807) is 0 Å². The van der Waals surface area contributed by atoms with E-state index in [0.29, 0.717) is 0 Å². The summed E-state index contributed by atoms with van der Waals surface area (Å²) in [5, 5.41) is 9.66. The molecule has 1 aromatic rings. The minimum atomic E-state index is -0.0892. The second-order valence-electron chi connectivity index (χ2n) is 4.26. The van der Waals surface area contributed by atoms with Crippen LogP contribution in [0.1, 0.15) is 44.6 Å². The van der Waals surface area contributed by atoms with Gasteiger partial charge in [0.2, 0.25) is 0 Å². The summed E-state index contributed by atoms with van der Waals surface area (Å²) in [5.74, 6) is 0. The molecule has 0 spiro atoms. The minimum absolute atomic E-state index is 0.0892.